The smallest absolute Gasteiger partial charge is 0.0784 e. The first kappa shape index (κ1) is 15.2. The Bertz CT molecular complexity index is 349. The molecule has 0 amide bonds. The second-order valence-corrected chi connectivity index (χ2v) is 9.25. The molecule has 1 spiro atoms. The van der Waals surface area contributed by atoms with Crippen molar-refractivity contribution in [2.75, 3.05) is 18.1 Å². The Morgan fingerprint density at radius 3 is 2.70 bits per heavy atom. The Morgan fingerprint density at radius 1 is 1.10 bits per heavy atom. The molecule has 2 heterocycles. The van der Waals surface area contributed by atoms with Crippen LogP contribution in [0.3, 0.4) is 0 Å². The molecule has 0 aromatic heterocycles. The minimum Gasteiger partial charge on any atom is -0.390 e. The highest BCUT2D eigenvalue weighted by atomic mass is 32.2. The average molecular weight is 298 g/mol. The highest BCUT2D eigenvalue weighted by Crippen LogP contribution is 2.48. The van der Waals surface area contributed by atoms with Gasteiger partial charge in [0.1, 0.15) is 0 Å². The number of thioether (sulfide) groups is 1. The normalized spacial score (nSPS) is 45.5. The molecular weight excluding hydrogens is 268 g/mol. The van der Waals surface area contributed by atoms with E-state index in [9.17, 15) is 5.11 Å². The largest absolute Gasteiger partial charge is 0.390 e. The third-order valence-electron chi connectivity index (χ3n) is 6.02. The van der Waals surface area contributed by atoms with Crippen LogP contribution in [-0.4, -0.2) is 34.4 Å². The van der Waals surface area contributed by atoms with Gasteiger partial charge in [-0.15, -0.1) is 0 Å². The molecule has 116 valence electrons. The molecule has 0 radical (unpaired) electrons. The molecule has 20 heavy (non-hydrogen) atoms. The Morgan fingerprint density at radius 2 is 1.95 bits per heavy atom. The molecule has 2 aliphatic heterocycles. The van der Waals surface area contributed by atoms with Crippen molar-refractivity contribution in [2.24, 2.45) is 11.3 Å². The van der Waals surface area contributed by atoms with Crippen molar-refractivity contribution >= 4 is 11.8 Å². The summed E-state index contributed by atoms with van der Waals surface area (Å²) in [6.07, 6.45) is 8.96. The van der Waals surface area contributed by atoms with Crippen LogP contribution in [0.25, 0.3) is 0 Å². The van der Waals surface area contributed by atoms with E-state index in [0.717, 1.165) is 38.0 Å². The maximum atomic E-state index is 11.3. The van der Waals surface area contributed by atoms with Crippen LogP contribution in [-0.2, 0) is 4.74 Å². The summed E-state index contributed by atoms with van der Waals surface area (Å²) in [6.45, 7) is 5.58. The van der Waals surface area contributed by atoms with E-state index in [1.165, 1.54) is 31.4 Å². The molecule has 2 saturated heterocycles. The molecule has 0 bridgehead atoms. The molecule has 2 nitrogen and oxygen atoms in total. The quantitative estimate of drug-likeness (QED) is 0.742. The summed E-state index contributed by atoms with van der Waals surface area (Å²) in [6, 6.07) is 0. The molecular formula is C17H30O2S. The zero-order valence-corrected chi connectivity index (χ0v) is 13.9. The lowest BCUT2D eigenvalue weighted by atomic mass is 9.71. The average Bonchev–Trinajstić information content (AvgIpc) is 2.78. The SMILES string of the molecule is CC1(C)CCCC(O)(C2CCOC3(CCSC3)C2)CC1. The van der Waals surface area contributed by atoms with Crippen molar-refractivity contribution in [3.8, 4) is 0 Å². The van der Waals surface area contributed by atoms with E-state index in [1.54, 1.807) is 0 Å². The summed E-state index contributed by atoms with van der Waals surface area (Å²) in [5.41, 5.74) is 0.0967. The first-order valence-electron chi connectivity index (χ1n) is 8.37. The molecule has 3 aliphatic rings. The van der Waals surface area contributed by atoms with E-state index < -0.39 is 5.60 Å². The molecule has 3 unspecified atom stereocenters. The zero-order chi connectivity index (χ0) is 14.3. The van der Waals surface area contributed by atoms with Crippen molar-refractivity contribution < 1.29 is 9.84 Å². The van der Waals surface area contributed by atoms with E-state index in [0.29, 0.717) is 11.3 Å². The highest BCUT2D eigenvalue weighted by molar-refractivity contribution is 7.99. The van der Waals surface area contributed by atoms with E-state index in [4.69, 9.17) is 4.74 Å². The van der Waals surface area contributed by atoms with Crippen LogP contribution in [0.5, 0.6) is 0 Å². The van der Waals surface area contributed by atoms with Gasteiger partial charge in [-0.2, -0.15) is 11.8 Å². The predicted molar refractivity (Wildman–Crippen MR) is 85.2 cm³/mol. The Balaban J connectivity index is 1.70. The number of hydrogen-bond acceptors (Lipinski definition) is 3. The lowest BCUT2D eigenvalue weighted by Gasteiger charge is -2.45. The van der Waals surface area contributed by atoms with Gasteiger partial charge in [0.15, 0.2) is 0 Å². The Labute approximate surface area is 128 Å². The Kier molecular flexibility index (Phi) is 4.16. The number of aliphatic hydroxyl groups is 1. The fourth-order valence-electron chi connectivity index (χ4n) is 4.44. The third kappa shape index (κ3) is 3.05. The predicted octanol–water partition coefficient (Wildman–Crippen LogP) is 4.01. The van der Waals surface area contributed by atoms with Gasteiger partial charge in [-0.25, -0.2) is 0 Å². The molecule has 3 atom stereocenters. The standard InChI is InChI=1S/C17H30O2S/c1-15(2)5-3-6-17(18,8-7-15)14-4-10-19-16(12-14)9-11-20-13-16/h14,18H,3-13H2,1-2H3. The lowest BCUT2D eigenvalue weighted by Crippen LogP contribution is -2.48. The minimum absolute atomic E-state index is 0.102. The summed E-state index contributed by atoms with van der Waals surface area (Å²) in [5, 5.41) is 11.3. The monoisotopic (exact) mass is 298 g/mol. The van der Waals surface area contributed by atoms with E-state index in [1.807, 2.05) is 11.8 Å². The van der Waals surface area contributed by atoms with Crippen molar-refractivity contribution in [2.45, 2.75) is 76.4 Å². The van der Waals surface area contributed by atoms with Crippen molar-refractivity contribution in [1.82, 2.24) is 0 Å². The molecule has 0 aromatic carbocycles. The van der Waals surface area contributed by atoms with Crippen molar-refractivity contribution in [1.29, 1.82) is 0 Å². The third-order valence-corrected chi connectivity index (χ3v) is 7.24. The van der Waals surface area contributed by atoms with E-state index in [-0.39, 0.29) is 5.60 Å². The summed E-state index contributed by atoms with van der Waals surface area (Å²) in [7, 11) is 0. The van der Waals surface area contributed by atoms with Crippen LogP contribution in [0.4, 0.5) is 0 Å². The summed E-state index contributed by atoms with van der Waals surface area (Å²) < 4.78 is 6.13. The topological polar surface area (TPSA) is 29.5 Å². The number of hydrogen-bond donors (Lipinski definition) is 1. The molecule has 3 heteroatoms. The van der Waals surface area contributed by atoms with Gasteiger partial charge in [0, 0.05) is 12.4 Å². The van der Waals surface area contributed by atoms with Gasteiger partial charge < -0.3 is 9.84 Å². The fraction of sp³-hybridized carbons (Fsp3) is 1.00. The number of rotatable bonds is 1. The molecule has 3 fully saturated rings. The van der Waals surface area contributed by atoms with Crippen LogP contribution in [0, 0.1) is 11.3 Å². The lowest BCUT2D eigenvalue weighted by molar-refractivity contribution is -0.136. The van der Waals surface area contributed by atoms with Crippen molar-refractivity contribution in [3.05, 3.63) is 0 Å². The highest BCUT2D eigenvalue weighted by Gasteiger charge is 2.48. The maximum absolute atomic E-state index is 11.3. The first-order valence-corrected chi connectivity index (χ1v) is 9.53. The van der Waals surface area contributed by atoms with E-state index in [2.05, 4.69) is 13.8 Å². The van der Waals surface area contributed by atoms with E-state index >= 15 is 0 Å². The summed E-state index contributed by atoms with van der Waals surface area (Å²) in [5.74, 6) is 2.84. The molecule has 0 aromatic rings. The number of ether oxygens (including phenoxy) is 1. The van der Waals surface area contributed by atoms with Gasteiger partial charge in [0.05, 0.1) is 11.2 Å². The van der Waals surface area contributed by atoms with Gasteiger partial charge in [-0.1, -0.05) is 20.3 Å². The van der Waals surface area contributed by atoms with Gasteiger partial charge in [-0.3, -0.25) is 0 Å². The van der Waals surface area contributed by atoms with Gasteiger partial charge in [-0.05, 0) is 62.0 Å². The van der Waals surface area contributed by atoms with Crippen LogP contribution in [0.15, 0.2) is 0 Å². The second-order valence-electron chi connectivity index (χ2n) is 8.15. The minimum atomic E-state index is -0.419. The summed E-state index contributed by atoms with van der Waals surface area (Å²) in [4.78, 5) is 0. The van der Waals surface area contributed by atoms with Gasteiger partial charge in [0.2, 0.25) is 0 Å². The molecule has 1 saturated carbocycles. The van der Waals surface area contributed by atoms with Gasteiger partial charge in [0.25, 0.3) is 0 Å². The van der Waals surface area contributed by atoms with Crippen LogP contribution in [0.2, 0.25) is 0 Å². The maximum Gasteiger partial charge on any atom is 0.0784 e. The van der Waals surface area contributed by atoms with Crippen molar-refractivity contribution in [3.63, 3.8) is 0 Å². The molecule has 3 rings (SSSR count). The summed E-state index contributed by atoms with van der Waals surface area (Å²) >= 11 is 2.02. The fourth-order valence-corrected chi connectivity index (χ4v) is 5.81. The molecule has 1 aliphatic carbocycles. The first-order chi connectivity index (χ1) is 9.43. The Hall–Kier alpha value is 0.270. The van der Waals surface area contributed by atoms with Crippen LogP contribution < -0.4 is 0 Å². The zero-order valence-electron chi connectivity index (χ0n) is 13.1. The van der Waals surface area contributed by atoms with Crippen LogP contribution >= 0.6 is 11.8 Å². The molecule has 1 N–H and O–H groups in total. The van der Waals surface area contributed by atoms with Gasteiger partial charge >= 0.3 is 0 Å². The second kappa shape index (κ2) is 5.48. The van der Waals surface area contributed by atoms with Crippen LogP contribution in [0.1, 0.15) is 65.2 Å².